The molecule has 1 aromatic heterocycles. The highest BCUT2D eigenvalue weighted by Crippen LogP contribution is 2.25. The first-order valence-electron chi connectivity index (χ1n) is 8.72. The third-order valence-corrected chi connectivity index (χ3v) is 5.56. The third-order valence-electron chi connectivity index (χ3n) is 4.28. The molecule has 0 aliphatic rings. The molecular formula is C19H17ClF2N4O3S. The van der Waals surface area contributed by atoms with E-state index >= 15 is 0 Å². The number of primary sulfonamides is 1. The Morgan fingerprint density at radius 2 is 2.00 bits per heavy atom. The second kappa shape index (κ2) is 8.50. The zero-order chi connectivity index (χ0) is 22.1. The van der Waals surface area contributed by atoms with Gasteiger partial charge in [0.15, 0.2) is 0 Å². The fourth-order valence-electron chi connectivity index (χ4n) is 2.79. The number of amides is 1. The normalized spacial score (nSPS) is 11.5. The highest BCUT2D eigenvalue weighted by molar-refractivity contribution is 7.89. The van der Waals surface area contributed by atoms with Gasteiger partial charge in [-0.1, -0.05) is 18.5 Å². The summed E-state index contributed by atoms with van der Waals surface area (Å²) < 4.78 is 52.6. The molecule has 0 fully saturated rings. The van der Waals surface area contributed by atoms with Crippen LogP contribution in [0.5, 0.6) is 0 Å². The first-order valence-corrected chi connectivity index (χ1v) is 10.6. The molecule has 0 saturated carbocycles. The predicted molar refractivity (Wildman–Crippen MR) is 108 cm³/mol. The van der Waals surface area contributed by atoms with Crippen molar-refractivity contribution in [1.29, 1.82) is 0 Å². The number of hydrogen-bond acceptors (Lipinski definition) is 4. The van der Waals surface area contributed by atoms with Gasteiger partial charge in [0, 0.05) is 23.5 Å². The SMILES string of the molecule is CCc1cnn(-c2ccc(NC(=O)Cc3c(F)cc(F)cc3Cl)cc2S(N)(=O)=O)c1. The minimum Gasteiger partial charge on any atom is -0.326 e. The summed E-state index contributed by atoms with van der Waals surface area (Å²) in [6, 6.07) is 5.59. The van der Waals surface area contributed by atoms with E-state index in [-0.39, 0.29) is 26.9 Å². The first-order chi connectivity index (χ1) is 14.1. The lowest BCUT2D eigenvalue weighted by atomic mass is 10.1. The van der Waals surface area contributed by atoms with Gasteiger partial charge in [-0.05, 0) is 36.2 Å². The molecule has 2 aromatic carbocycles. The molecule has 3 rings (SSSR count). The topological polar surface area (TPSA) is 107 Å². The maximum atomic E-state index is 13.9. The number of hydrogen-bond donors (Lipinski definition) is 2. The number of carbonyl (C=O) groups excluding carboxylic acids is 1. The summed E-state index contributed by atoms with van der Waals surface area (Å²) in [6.45, 7) is 1.93. The van der Waals surface area contributed by atoms with Gasteiger partial charge in [0.05, 0.1) is 23.3 Å². The number of carbonyl (C=O) groups is 1. The van der Waals surface area contributed by atoms with E-state index in [1.165, 1.54) is 22.9 Å². The van der Waals surface area contributed by atoms with Crippen molar-refractivity contribution in [3.63, 3.8) is 0 Å². The number of rotatable bonds is 6. The van der Waals surface area contributed by atoms with Crippen molar-refractivity contribution in [3.05, 3.63) is 70.5 Å². The van der Waals surface area contributed by atoms with Crippen molar-refractivity contribution in [1.82, 2.24) is 9.78 Å². The average Bonchev–Trinajstić information content (AvgIpc) is 3.13. The van der Waals surface area contributed by atoms with E-state index in [0.29, 0.717) is 12.5 Å². The maximum Gasteiger partial charge on any atom is 0.240 e. The minimum atomic E-state index is -4.15. The number of halogens is 3. The van der Waals surface area contributed by atoms with Crippen LogP contribution in [0.15, 0.2) is 47.6 Å². The van der Waals surface area contributed by atoms with E-state index in [9.17, 15) is 22.0 Å². The molecule has 7 nitrogen and oxygen atoms in total. The standard InChI is InChI=1S/C19H17ClF2N4O3S/c1-2-11-9-24-26(10-11)17-4-3-13(7-18(17)30(23,28)29)25-19(27)8-14-15(20)5-12(21)6-16(14)22/h3-7,9-10H,2,8H2,1H3,(H,25,27)(H2,23,28,29). The van der Waals surface area contributed by atoms with Crippen LogP contribution in [-0.4, -0.2) is 24.1 Å². The van der Waals surface area contributed by atoms with Crippen molar-refractivity contribution in [2.24, 2.45) is 5.14 Å². The van der Waals surface area contributed by atoms with E-state index in [1.807, 2.05) is 6.92 Å². The summed E-state index contributed by atoms with van der Waals surface area (Å²) in [7, 11) is -4.15. The van der Waals surface area contributed by atoms with Crippen LogP contribution in [-0.2, 0) is 27.7 Å². The Bertz CT molecular complexity index is 1210. The van der Waals surface area contributed by atoms with E-state index in [2.05, 4.69) is 10.4 Å². The molecule has 0 aliphatic carbocycles. The lowest BCUT2D eigenvalue weighted by molar-refractivity contribution is -0.115. The van der Waals surface area contributed by atoms with Crippen molar-refractivity contribution < 1.29 is 22.0 Å². The van der Waals surface area contributed by atoms with Crippen LogP contribution >= 0.6 is 11.6 Å². The molecule has 0 spiro atoms. The van der Waals surface area contributed by atoms with Crippen LogP contribution in [0.4, 0.5) is 14.5 Å². The molecule has 1 amide bonds. The molecule has 158 valence electrons. The molecule has 0 radical (unpaired) electrons. The second-order valence-electron chi connectivity index (χ2n) is 6.45. The fraction of sp³-hybridized carbons (Fsp3) is 0.158. The number of anilines is 1. The van der Waals surface area contributed by atoms with Crippen LogP contribution in [0.1, 0.15) is 18.1 Å². The Hall–Kier alpha value is -2.82. The minimum absolute atomic E-state index is 0.120. The number of aryl methyl sites for hydroxylation is 1. The van der Waals surface area contributed by atoms with E-state index in [4.69, 9.17) is 16.7 Å². The van der Waals surface area contributed by atoms with Crippen LogP contribution in [0.2, 0.25) is 5.02 Å². The Balaban J connectivity index is 1.89. The smallest absolute Gasteiger partial charge is 0.240 e. The monoisotopic (exact) mass is 454 g/mol. The van der Waals surface area contributed by atoms with Crippen molar-refractivity contribution in [2.75, 3.05) is 5.32 Å². The van der Waals surface area contributed by atoms with Gasteiger partial charge in [0.1, 0.15) is 16.5 Å². The summed E-state index contributed by atoms with van der Waals surface area (Å²) in [4.78, 5) is 12.0. The fourth-order valence-corrected chi connectivity index (χ4v) is 3.80. The Labute approximate surface area is 176 Å². The van der Waals surface area contributed by atoms with Crippen molar-refractivity contribution in [2.45, 2.75) is 24.7 Å². The van der Waals surface area contributed by atoms with E-state index < -0.39 is 34.0 Å². The number of aromatic nitrogens is 2. The van der Waals surface area contributed by atoms with Crippen molar-refractivity contribution in [3.8, 4) is 5.69 Å². The molecule has 0 saturated heterocycles. The number of nitrogens with zero attached hydrogens (tertiary/aromatic N) is 2. The van der Waals surface area contributed by atoms with E-state index in [1.54, 1.807) is 12.4 Å². The number of sulfonamides is 1. The summed E-state index contributed by atoms with van der Waals surface area (Å²) >= 11 is 5.80. The van der Waals surface area contributed by atoms with Gasteiger partial charge in [-0.3, -0.25) is 4.79 Å². The molecule has 30 heavy (non-hydrogen) atoms. The van der Waals surface area contributed by atoms with E-state index in [0.717, 1.165) is 11.6 Å². The molecule has 3 aromatic rings. The molecule has 0 bridgehead atoms. The molecule has 0 atom stereocenters. The zero-order valence-corrected chi connectivity index (χ0v) is 17.3. The van der Waals surface area contributed by atoms with Crippen LogP contribution in [0.25, 0.3) is 5.69 Å². The Kier molecular flexibility index (Phi) is 6.20. The molecule has 0 aliphatic heterocycles. The van der Waals surface area contributed by atoms with Gasteiger partial charge in [0.2, 0.25) is 15.9 Å². The summed E-state index contributed by atoms with van der Waals surface area (Å²) in [5.74, 6) is -2.50. The van der Waals surface area contributed by atoms with Gasteiger partial charge in [-0.2, -0.15) is 5.10 Å². The molecular weight excluding hydrogens is 438 g/mol. The average molecular weight is 455 g/mol. The number of nitrogens with one attached hydrogen (secondary N) is 1. The summed E-state index contributed by atoms with van der Waals surface area (Å²) in [5, 5.41) is 11.7. The van der Waals surface area contributed by atoms with Gasteiger partial charge >= 0.3 is 0 Å². The van der Waals surface area contributed by atoms with Crippen LogP contribution in [0, 0.1) is 11.6 Å². The molecule has 1 heterocycles. The van der Waals surface area contributed by atoms with Crippen molar-refractivity contribution >= 4 is 33.2 Å². The second-order valence-corrected chi connectivity index (χ2v) is 8.38. The lowest BCUT2D eigenvalue weighted by Crippen LogP contribution is -2.18. The summed E-state index contributed by atoms with van der Waals surface area (Å²) in [6.07, 6.45) is 3.50. The Morgan fingerprint density at radius 3 is 2.60 bits per heavy atom. The Morgan fingerprint density at radius 1 is 1.27 bits per heavy atom. The van der Waals surface area contributed by atoms with Gasteiger partial charge < -0.3 is 5.32 Å². The van der Waals surface area contributed by atoms with Gasteiger partial charge in [-0.15, -0.1) is 0 Å². The number of nitrogens with two attached hydrogens (primary N) is 1. The number of benzene rings is 2. The lowest BCUT2D eigenvalue weighted by Gasteiger charge is -2.12. The van der Waals surface area contributed by atoms with Crippen LogP contribution < -0.4 is 10.5 Å². The first kappa shape index (κ1) is 21.9. The largest absolute Gasteiger partial charge is 0.326 e. The highest BCUT2D eigenvalue weighted by Gasteiger charge is 2.19. The highest BCUT2D eigenvalue weighted by atomic mass is 35.5. The summed E-state index contributed by atoms with van der Waals surface area (Å²) in [5.41, 5.74) is 1.05. The van der Waals surface area contributed by atoms with Crippen LogP contribution in [0.3, 0.4) is 0 Å². The maximum absolute atomic E-state index is 13.9. The zero-order valence-electron chi connectivity index (χ0n) is 15.7. The third kappa shape index (κ3) is 4.84. The van der Waals surface area contributed by atoms with Gasteiger partial charge in [0.25, 0.3) is 0 Å². The molecule has 3 N–H and O–H groups in total. The predicted octanol–water partition coefficient (Wildman–Crippen LogP) is 3.19. The molecule has 11 heteroatoms. The molecule has 0 unspecified atom stereocenters. The van der Waals surface area contributed by atoms with Gasteiger partial charge in [-0.25, -0.2) is 27.0 Å². The quantitative estimate of drug-likeness (QED) is 0.596.